The summed E-state index contributed by atoms with van der Waals surface area (Å²) in [5, 5.41) is 18.4. The number of nitrogens with one attached hydrogen (secondary N) is 1. The predicted octanol–water partition coefficient (Wildman–Crippen LogP) is 7.35. The van der Waals surface area contributed by atoms with Crippen molar-refractivity contribution >= 4 is 67.5 Å². The van der Waals surface area contributed by atoms with Gasteiger partial charge in [-0.3, -0.25) is 0 Å². The van der Waals surface area contributed by atoms with Gasteiger partial charge in [0.2, 0.25) is 0 Å². The van der Waals surface area contributed by atoms with Crippen LogP contribution in [0, 0.1) is 11.3 Å². The second-order valence-corrected chi connectivity index (χ2v) is 8.74. The topological polar surface area (TPSA) is 78.9 Å². The number of thiazole rings is 1. The molecule has 0 saturated carbocycles. The number of hydrogen-bond acceptors (Lipinski definition) is 6. The van der Waals surface area contributed by atoms with Crippen molar-refractivity contribution in [2.75, 3.05) is 5.32 Å². The van der Waals surface area contributed by atoms with E-state index in [1.54, 1.807) is 35.7 Å². The van der Waals surface area contributed by atoms with Gasteiger partial charge in [-0.1, -0.05) is 59.6 Å². The van der Waals surface area contributed by atoms with Gasteiger partial charge < -0.3 is 9.73 Å². The molecule has 1 N–H and O–H groups in total. The summed E-state index contributed by atoms with van der Waals surface area (Å²) in [5.41, 5.74) is 1.66. The Morgan fingerprint density at radius 2 is 1.94 bits per heavy atom. The number of aromatic nitrogens is 1. The van der Waals surface area contributed by atoms with Crippen LogP contribution in [-0.4, -0.2) is 4.98 Å². The molecule has 8 heteroatoms. The highest BCUT2D eigenvalue weighted by Gasteiger charge is 2.15. The van der Waals surface area contributed by atoms with Crippen molar-refractivity contribution in [2.45, 2.75) is 0 Å². The van der Waals surface area contributed by atoms with E-state index in [4.69, 9.17) is 27.6 Å². The van der Waals surface area contributed by atoms with Gasteiger partial charge in [-0.2, -0.15) is 5.26 Å². The van der Waals surface area contributed by atoms with Crippen molar-refractivity contribution in [2.24, 2.45) is 0 Å². The minimum absolute atomic E-state index is 0.290. The van der Waals surface area contributed by atoms with Gasteiger partial charge in [0.1, 0.15) is 22.2 Å². The van der Waals surface area contributed by atoms with E-state index in [1.165, 1.54) is 17.5 Å². The number of fused-ring (bicyclic) bond motifs is 3. The van der Waals surface area contributed by atoms with E-state index in [0.717, 1.165) is 16.2 Å². The van der Waals surface area contributed by atoms with Crippen molar-refractivity contribution in [3.05, 3.63) is 97.7 Å². The van der Waals surface area contributed by atoms with E-state index >= 15 is 0 Å². The lowest BCUT2D eigenvalue weighted by Crippen LogP contribution is -2.03. The van der Waals surface area contributed by atoms with Gasteiger partial charge in [-0.05, 0) is 35.0 Å². The van der Waals surface area contributed by atoms with E-state index in [1.807, 2.05) is 30.3 Å². The van der Waals surface area contributed by atoms with Crippen LogP contribution in [0.1, 0.15) is 5.01 Å². The third-order valence-electron chi connectivity index (χ3n) is 5.10. The molecule has 0 radical (unpaired) electrons. The summed E-state index contributed by atoms with van der Waals surface area (Å²) in [5.74, 6) is 0. The Morgan fingerprint density at radius 1 is 1.09 bits per heavy atom. The highest BCUT2D eigenvalue weighted by molar-refractivity contribution is 7.11. The smallest absolute Gasteiger partial charge is 0.345 e. The average molecular weight is 490 g/mol. The van der Waals surface area contributed by atoms with Crippen LogP contribution in [0.4, 0.5) is 5.69 Å². The number of allylic oxidation sites excluding steroid dienone is 1. The highest BCUT2D eigenvalue weighted by Crippen LogP contribution is 2.32. The minimum atomic E-state index is -0.485. The first-order valence-electron chi connectivity index (χ1n) is 9.78. The number of anilines is 1. The Kier molecular flexibility index (Phi) is 5.61. The molecule has 0 aliphatic heterocycles. The fourth-order valence-electron chi connectivity index (χ4n) is 3.48. The molecule has 0 fully saturated rings. The molecule has 0 aliphatic carbocycles. The molecule has 2 heterocycles. The van der Waals surface area contributed by atoms with Crippen LogP contribution in [0.5, 0.6) is 0 Å². The van der Waals surface area contributed by atoms with Crippen LogP contribution in [0.3, 0.4) is 0 Å². The van der Waals surface area contributed by atoms with Gasteiger partial charge >= 0.3 is 5.63 Å². The average Bonchev–Trinajstić information content (AvgIpc) is 3.31. The first-order valence-corrected chi connectivity index (χ1v) is 11.4. The molecule has 5 rings (SSSR count). The lowest BCUT2D eigenvalue weighted by molar-refractivity contribution is 0.563. The predicted molar refractivity (Wildman–Crippen MR) is 135 cm³/mol. The zero-order valence-electron chi connectivity index (χ0n) is 16.8. The summed E-state index contributed by atoms with van der Waals surface area (Å²) in [7, 11) is 0. The first-order chi connectivity index (χ1) is 16.0. The van der Waals surface area contributed by atoms with Crippen molar-refractivity contribution in [3.8, 4) is 17.3 Å². The third-order valence-corrected chi connectivity index (χ3v) is 6.79. The van der Waals surface area contributed by atoms with Crippen molar-refractivity contribution in [1.82, 2.24) is 4.98 Å². The molecule has 0 spiro atoms. The summed E-state index contributed by atoms with van der Waals surface area (Å²) in [4.78, 5) is 17.2. The van der Waals surface area contributed by atoms with Crippen LogP contribution in [0.25, 0.3) is 38.6 Å². The maximum absolute atomic E-state index is 12.7. The lowest BCUT2D eigenvalue weighted by atomic mass is 10.0. The molecule has 5 aromatic rings. The Bertz CT molecular complexity index is 1660. The molecule has 0 aliphatic rings. The van der Waals surface area contributed by atoms with Gasteiger partial charge in [-0.15, -0.1) is 11.3 Å². The summed E-state index contributed by atoms with van der Waals surface area (Å²) >= 11 is 13.5. The standard InChI is InChI=1S/C25H13Cl2N3O2S/c26-19-6-3-7-20(23(19)27)29-12-15(11-28)24-30-21(13-33-24)18-10-17-16-5-2-1-4-14(16)8-9-22(17)32-25(18)31/h1-10,12-13,29H/b15-12+. The van der Waals surface area contributed by atoms with E-state index in [0.29, 0.717) is 37.6 Å². The molecule has 0 bridgehead atoms. The molecule has 5 nitrogen and oxygen atoms in total. The van der Waals surface area contributed by atoms with E-state index in [9.17, 15) is 10.1 Å². The monoisotopic (exact) mass is 489 g/mol. The van der Waals surface area contributed by atoms with Crippen molar-refractivity contribution in [3.63, 3.8) is 0 Å². The number of rotatable bonds is 4. The van der Waals surface area contributed by atoms with Gasteiger partial charge in [0.15, 0.2) is 0 Å². The zero-order chi connectivity index (χ0) is 22.9. The summed E-state index contributed by atoms with van der Waals surface area (Å²) in [6, 6.07) is 20.7. The quantitative estimate of drug-likeness (QED) is 0.162. The Morgan fingerprint density at radius 3 is 2.79 bits per heavy atom. The Hall–Kier alpha value is -3.63. The van der Waals surface area contributed by atoms with E-state index in [-0.39, 0.29) is 5.57 Å². The maximum atomic E-state index is 12.7. The number of nitrogens with zero attached hydrogens (tertiary/aromatic N) is 2. The Balaban J connectivity index is 1.54. The maximum Gasteiger partial charge on any atom is 0.345 e. The van der Waals surface area contributed by atoms with Gasteiger partial charge in [0.25, 0.3) is 0 Å². The Labute approximate surface area is 202 Å². The molecule has 2 aromatic heterocycles. The SMILES string of the molecule is N#C/C(=C\Nc1cccc(Cl)c1Cl)c1nc(-c2cc3c(ccc4ccccc43)oc2=O)cs1. The second kappa shape index (κ2) is 8.72. The summed E-state index contributed by atoms with van der Waals surface area (Å²) in [6.45, 7) is 0. The van der Waals surface area contributed by atoms with Gasteiger partial charge in [-0.25, -0.2) is 9.78 Å². The number of halogens is 2. The summed E-state index contributed by atoms with van der Waals surface area (Å²) in [6.07, 6.45) is 1.51. The number of nitriles is 1. The van der Waals surface area contributed by atoms with Crippen LogP contribution < -0.4 is 10.9 Å². The minimum Gasteiger partial charge on any atom is -0.422 e. The third kappa shape index (κ3) is 3.98. The fraction of sp³-hybridized carbons (Fsp3) is 0. The normalized spacial score (nSPS) is 11.6. The largest absolute Gasteiger partial charge is 0.422 e. The molecule has 33 heavy (non-hydrogen) atoms. The fourth-order valence-corrected chi connectivity index (χ4v) is 4.62. The second-order valence-electron chi connectivity index (χ2n) is 7.10. The van der Waals surface area contributed by atoms with Crippen LogP contribution in [-0.2, 0) is 0 Å². The van der Waals surface area contributed by atoms with Crippen LogP contribution in [0.2, 0.25) is 10.0 Å². The van der Waals surface area contributed by atoms with E-state index < -0.39 is 5.63 Å². The number of hydrogen-bond donors (Lipinski definition) is 1. The molecule has 0 saturated heterocycles. The molecular weight excluding hydrogens is 477 g/mol. The molecule has 0 unspecified atom stereocenters. The van der Waals surface area contributed by atoms with Crippen molar-refractivity contribution < 1.29 is 4.42 Å². The first kappa shape index (κ1) is 21.2. The number of benzene rings is 3. The molecule has 3 aromatic carbocycles. The summed E-state index contributed by atoms with van der Waals surface area (Å²) < 4.78 is 5.57. The van der Waals surface area contributed by atoms with Gasteiger partial charge in [0.05, 0.1) is 27.0 Å². The van der Waals surface area contributed by atoms with Gasteiger partial charge in [0, 0.05) is 17.0 Å². The molecule has 0 amide bonds. The molecular formula is C25H13Cl2N3O2S. The highest BCUT2D eigenvalue weighted by atomic mass is 35.5. The molecule has 160 valence electrons. The zero-order valence-corrected chi connectivity index (χ0v) is 19.1. The van der Waals surface area contributed by atoms with Crippen molar-refractivity contribution in [1.29, 1.82) is 5.26 Å². The van der Waals surface area contributed by atoms with Crippen LogP contribution >= 0.6 is 34.5 Å². The van der Waals surface area contributed by atoms with E-state index in [2.05, 4.69) is 16.4 Å². The molecule has 0 atom stereocenters. The van der Waals surface area contributed by atoms with Crippen LogP contribution in [0.15, 0.2) is 81.5 Å². The lowest BCUT2D eigenvalue weighted by Gasteiger charge is -2.05.